The molecule has 0 atom stereocenters. The third kappa shape index (κ3) is 4.28. The molecular weight excluding hydrogens is 328 g/mol. The second-order valence-electron chi connectivity index (χ2n) is 6.37. The van der Waals surface area contributed by atoms with Crippen molar-refractivity contribution in [3.05, 3.63) is 66.3 Å². The van der Waals surface area contributed by atoms with E-state index < -0.39 is 0 Å². The first-order chi connectivity index (χ1) is 12.9. The van der Waals surface area contributed by atoms with Crippen LogP contribution in [-0.4, -0.2) is 52.7 Å². The largest absolute Gasteiger partial charge is 0.459 e. The highest BCUT2D eigenvalue weighted by atomic mass is 16.4. The zero-order valence-corrected chi connectivity index (χ0v) is 14.6. The number of hydrogen-bond donors (Lipinski definition) is 0. The van der Waals surface area contributed by atoms with Crippen molar-refractivity contribution >= 4 is 6.08 Å². The predicted molar refractivity (Wildman–Crippen MR) is 99.2 cm³/mol. The van der Waals surface area contributed by atoms with Gasteiger partial charge in [0.05, 0.1) is 12.8 Å². The Bertz CT molecular complexity index is 819. The van der Waals surface area contributed by atoms with Gasteiger partial charge in [0.2, 0.25) is 5.89 Å². The molecule has 3 aromatic rings. The van der Waals surface area contributed by atoms with Gasteiger partial charge < -0.3 is 8.83 Å². The number of rotatable bonds is 6. The average molecular weight is 350 g/mol. The Balaban J connectivity index is 1.23. The first kappa shape index (κ1) is 16.8. The van der Waals surface area contributed by atoms with Gasteiger partial charge in [0, 0.05) is 32.7 Å². The van der Waals surface area contributed by atoms with Crippen molar-refractivity contribution in [1.82, 2.24) is 20.0 Å². The van der Waals surface area contributed by atoms with Crippen LogP contribution in [0.4, 0.5) is 0 Å². The SMILES string of the molecule is C(=C\c1ccccc1)/CN1CCN(Cc2nnc(-c3ccco3)o2)CC1. The van der Waals surface area contributed by atoms with Gasteiger partial charge in [-0.15, -0.1) is 10.2 Å². The average Bonchev–Trinajstić information content (AvgIpc) is 3.36. The first-order valence-corrected chi connectivity index (χ1v) is 8.89. The second kappa shape index (κ2) is 8.12. The molecule has 1 aromatic carbocycles. The molecule has 26 heavy (non-hydrogen) atoms. The van der Waals surface area contributed by atoms with E-state index in [1.165, 1.54) is 5.56 Å². The van der Waals surface area contributed by atoms with E-state index in [1.54, 1.807) is 6.26 Å². The van der Waals surface area contributed by atoms with E-state index in [1.807, 2.05) is 18.2 Å². The quantitative estimate of drug-likeness (QED) is 0.681. The fourth-order valence-electron chi connectivity index (χ4n) is 3.04. The summed E-state index contributed by atoms with van der Waals surface area (Å²) in [5, 5.41) is 8.18. The van der Waals surface area contributed by atoms with Crippen molar-refractivity contribution in [3.8, 4) is 11.7 Å². The number of hydrogen-bond acceptors (Lipinski definition) is 6. The summed E-state index contributed by atoms with van der Waals surface area (Å²) in [7, 11) is 0. The van der Waals surface area contributed by atoms with Crippen LogP contribution in [0.25, 0.3) is 17.7 Å². The normalized spacial score (nSPS) is 16.5. The van der Waals surface area contributed by atoms with Crippen molar-refractivity contribution in [1.29, 1.82) is 0 Å². The summed E-state index contributed by atoms with van der Waals surface area (Å²) in [4.78, 5) is 4.80. The first-order valence-electron chi connectivity index (χ1n) is 8.89. The van der Waals surface area contributed by atoms with Crippen molar-refractivity contribution in [3.63, 3.8) is 0 Å². The molecule has 0 amide bonds. The Hall–Kier alpha value is -2.70. The molecule has 0 saturated carbocycles. The van der Waals surface area contributed by atoms with Gasteiger partial charge in [-0.1, -0.05) is 42.5 Å². The van der Waals surface area contributed by atoms with Gasteiger partial charge in [0.25, 0.3) is 5.89 Å². The van der Waals surface area contributed by atoms with Gasteiger partial charge in [0.1, 0.15) is 0 Å². The molecule has 3 heterocycles. The molecule has 4 rings (SSSR count). The van der Waals surface area contributed by atoms with Gasteiger partial charge in [0.15, 0.2) is 5.76 Å². The van der Waals surface area contributed by atoms with Gasteiger partial charge in [-0.2, -0.15) is 0 Å². The number of piperazine rings is 1. The van der Waals surface area contributed by atoms with Gasteiger partial charge in [-0.3, -0.25) is 9.80 Å². The molecule has 0 spiro atoms. The summed E-state index contributed by atoms with van der Waals surface area (Å²) in [6, 6.07) is 14.0. The minimum absolute atomic E-state index is 0.440. The molecule has 1 saturated heterocycles. The minimum atomic E-state index is 0.440. The Morgan fingerprint density at radius 2 is 1.73 bits per heavy atom. The lowest BCUT2D eigenvalue weighted by Gasteiger charge is -2.33. The fourth-order valence-corrected chi connectivity index (χ4v) is 3.04. The highest BCUT2D eigenvalue weighted by molar-refractivity contribution is 5.48. The molecular formula is C20H22N4O2. The highest BCUT2D eigenvalue weighted by Crippen LogP contribution is 2.18. The van der Waals surface area contributed by atoms with Crippen LogP contribution in [0.2, 0.25) is 0 Å². The second-order valence-corrected chi connectivity index (χ2v) is 6.37. The predicted octanol–water partition coefficient (Wildman–Crippen LogP) is 3.16. The number of furan rings is 1. The topological polar surface area (TPSA) is 58.5 Å². The highest BCUT2D eigenvalue weighted by Gasteiger charge is 2.19. The molecule has 0 radical (unpaired) electrons. The Morgan fingerprint density at radius 1 is 0.923 bits per heavy atom. The maximum atomic E-state index is 5.69. The Morgan fingerprint density at radius 3 is 2.50 bits per heavy atom. The molecule has 0 aliphatic carbocycles. The summed E-state index contributed by atoms with van der Waals surface area (Å²) < 4.78 is 11.0. The summed E-state index contributed by atoms with van der Waals surface area (Å²) >= 11 is 0. The maximum Gasteiger partial charge on any atom is 0.283 e. The lowest BCUT2D eigenvalue weighted by Crippen LogP contribution is -2.45. The third-order valence-corrected chi connectivity index (χ3v) is 4.50. The van der Waals surface area contributed by atoms with Gasteiger partial charge >= 0.3 is 0 Å². The van der Waals surface area contributed by atoms with Crippen molar-refractivity contribution < 1.29 is 8.83 Å². The van der Waals surface area contributed by atoms with E-state index in [9.17, 15) is 0 Å². The van der Waals surface area contributed by atoms with Crippen LogP contribution in [-0.2, 0) is 6.54 Å². The summed E-state index contributed by atoms with van der Waals surface area (Å²) in [6.07, 6.45) is 6.02. The zero-order chi connectivity index (χ0) is 17.6. The van der Waals surface area contributed by atoms with Crippen molar-refractivity contribution in [2.75, 3.05) is 32.7 Å². The molecule has 6 nitrogen and oxygen atoms in total. The number of nitrogens with zero attached hydrogens (tertiary/aromatic N) is 4. The Labute approximate surface area is 152 Å². The maximum absolute atomic E-state index is 5.69. The van der Waals surface area contributed by atoms with Crippen LogP contribution in [0.5, 0.6) is 0 Å². The van der Waals surface area contributed by atoms with Crippen LogP contribution in [0, 0.1) is 0 Å². The summed E-state index contributed by atoms with van der Waals surface area (Å²) in [5.74, 6) is 1.68. The van der Waals surface area contributed by atoms with Crippen LogP contribution < -0.4 is 0 Å². The molecule has 1 aliphatic rings. The van der Waals surface area contributed by atoms with Gasteiger partial charge in [-0.05, 0) is 17.7 Å². The van der Waals surface area contributed by atoms with E-state index in [0.717, 1.165) is 32.7 Å². The zero-order valence-electron chi connectivity index (χ0n) is 14.6. The molecule has 134 valence electrons. The molecule has 2 aromatic heterocycles. The van der Waals surface area contributed by atoms with Crippen molar-refractivity contribution in [2.24, 2.45) is 0 Å². The molecule has 0 bridgehead atoms. The van der Waals surface area contributed by atoms with Crippen LogP contribution in [0.3, 0.4) is 0 Å². The monoisotopic (exact) mass is 350 g/mol. The Kier molecular flexibility index (Phi) is 5.23. The van der Waals surface area contributed by atoms with E-state index in [-0.39, 0.29) is 0 Å². The smallest absolute Gasteiger partial charge is 0.283 e. The fraction of sp³-hybridized carbons (Fsp3) is 0.300. The van der Waals surface area contributed by atoms with Crippen LogP contribution in [0.1, 0.15) is 11.5 Å². The number of aromatic nitrogens is 2. The lowest BCUT2D eigenvalue weighted by atomic mass is 10.2. The summed E-state index contributed by atoms with van der Waals surface area (Å²) in [6.45, 7) is 5.74. The molecule has 1 aliphatic heterocycles. The standard InChI is InChI=1S/C20H22N4O2/c1-2-6-17(7-3-1)8-4-10-23-11-13-24(14-12-23)16-19-21-22-20(26-19)18-9-5-15-25-18/h1-9,15H,10-14,16H2/b8-4+. The van der Waals surface area contributed by atoms with Crippen LogP contribution >= 0.6 is 0 Å². The number of benzene rings is 1. The van der Waals surface area contributed by atoms with Crippen molar-refractivity contribution in [2.45, 2.75) is 6.54 Å². The van der Waals surface area contributed by atoms with E-state index in [0.29, 0.717) is 24.1 Å². The lowest BCUT2D eigenvalue weighted by molar-refractivity contribution is 0.128. The van der Waals surface area contributed by atoms with E-state index in [4.69, 9.17) is 8.83 Å². The molecule has 0 N–H and O–H groups in total. The van der Waals surface area contributed by atoms with Crippen LogP contribution in [0.15, 0.2) is 63.6 Å². The van der Waals surface area contributed by atoms with Gasteiger partial charge in [-0.25, -0.2) is 0 Å². The van der Waals surface area contributed by atoms with E-state index >= 15 is 0 Å². The summed E-state index contributed by atoms with van der Waals surface area (Å²) in [5.41, 5.74) is 1.25. The molecule has 0 unspecified atom stereocenters. The van der Waals surface area contributed by atoms with E-state index in [2.05, 4.69) is 56.4 Å². The molecule has 6 heteroatoms. The molecule has 1 fully saturated rings. The third-order valence-electron chi connectivity index (χ3n) is 4.50. The minimum Gasteiger partial charge on any atom is -0.459 e.